The van der Waals surface area contributed by atoms with E-state index >= 15 is 0 Å². The molecule has 0 aliphatic heterocycles. The van der Waals surface area contributed by atoms with Gasteiger partial charge in [-0.25, -0.2) is 4.98 Å². The van der Waals surface area contributed by atoms with Gasteiger partial charge >= 0.3 is 0 Å². The Hall–Kier alpha value is -2.29. The first kappa shape index (κ1) is 14.1. The number of hydrogen-bond donors (Lipinski definition) is 2. The third-order valence-corrected chi connectivity index (χ3v) is 3.39. The molecule has 1 aliphatic rings. The van der Waals surface area contributed by atoms with Gasteiger partial charge in [0.15, 0.2) is 0 Å². The maximum absolute atomic E-state index is 5.57. The van der Waals surface area contributed by atoms with Gasteiger partial charge in [0.05, 0.1) is 12.0 Å². The van der Waals surface area contributed by atoms with E-state index in [0.717, 1.165) is 30.5 Å². The van der Waals surface area contributed by atoms with Crippen molar-refractivity contribution >= 4 is 0 Å². The quantitative estimate of drug-likeness (QED) is 0.771. The molecule has 3 N–H and O–H groups in total. The summed E-state index contributed by atoms with van der Waals surface area (Å²) in [5, 5.41) is 0. The molecule has 0 bridgehead atoms. The molecule has 1 atom stereocenters. The number of aromatic amines is 1. The molecule has 0 spiro atoms. The number of rotatable bonds is 6. The number of aromatic nitrogens is 2. The second kappa shape index (κ2) is 7.34. The molecule has 0 radical (unpaired) electrons. The highest BCUT2D eigenvalue weighted by molar-refractivity contribution is 5.37. The average Bonchev–Trinajstić information content (AvgIpc) is 3.00. The summed E-state index contributed by atoms with van der Waals surface area (Å²) in [5.41, 5.74) is 9.07. The van der Waals surface area contributed by atoms with Crippen LogP contribution in [0.3, 0.4) is 0 Å². The fraction of sp³-hybridized carbons (Fsp3) is 0.235. The zero-order valence-electron chi connectivity index (χ0n) is 11.6. The second-order valence-electron chi connectivity index (χ2n) is 4.77. The third-order valence-electron chi connectivity index (χ3n) is 3.39. The van der Waals surface area contributed by atoms with E-state index < -0.39 is 0 Å². The van der Waals surface area contributed by atoms with Gasteiger partial charge in [-0.05, 0) is 37.1 Å². The van der Waals surface area contributed by atoms with E-state index in [1.165, 1.54) is 5.57 Å². The predicted octanol–water partition coefficient (Wildman–Crippen LogP) is 3.74. The molecule has 3 nitrogen and oxygen atoms in total. The van der Waals surface area contributed by atoms with Crippen molar-refractivity contribution in [3.8, 4) is 0 Å². The highest BCUT2D eigenvalue weighted by atomic mass is 14.9. The molecule has 20 heavy (non-hydrogen) atoms. The predicted molar refractivity (Wildman–Crippen MR) is 84.0 cm³/mol. The normalized spacial score (nSPS) is 17.2. The standard InChI is InChI=1S/C17H21N3/c1-2-6-15(9-10-18)16(17-12-19-13-20-17)11-14-7-4-3-5-8-14/h2,4,6-10,12-13,16H,1,3,5,11,18H2,(H,19,20)/b10-9-,15-6+. The second-order valence-corrected chi connectivity index (χ2v) is 4.77. The molecule has 0 saturated carbocycles. The molecule has 0 saturated heterocycles. The monoisotopic (exact) mass is 267 g/mol. The third kappa shape index (κ3) is 3.60. The molecule has 0 amide bonds. The zero-order chi connectivity index (χ0) is 14.2. The van der Waals surface area contributed by atoms with Crippen molar-refractivity contribution in [3.05, 3.63) is 78.6 Å². The minimum absolute atomic E-state index is 0.188. The maximum atomic E-state index is 5.57. The van der Waals surface area contributed by atoms with Crippen LogP contribution in [0.5, 0.6) is 0 Å². The average molecular weight is 267 g/mol. The molecule has 3 heteroatoms. The van der Waals surface area contributed by atoms with Crippen LogP contribution in [-0.2, 0) is 0 Å². The Morgan fingerprint density at radius 1 is 1.50 bits per heavy atom. The topological polar surface area (TPSA) is 54.7 Å². The van der Waals surface area contributed by atoms with E-state index in [0.29, 0.717) is 0 Å². The molecule has 0 fully saturated rings. The molecule has 1 aromatic rings. The Morgan fingerprint density at radius 2 is 2.40 bits per heavy atom. The summed E-state index contributed by atoms with van der Waals surface area (Å²) in [5.74, 6) is 0.188. The lowest BCUT2D eigenvalue weighted by molar-refractivity contribution is 0.773. The van der Waals surface area contributed by atoms with Crippen molar-refractivity contribution in [3.63, 3.8) is 0 Å². The summed E-state index contributed by atoms with van der Waals surface area (Å²) in [7, 11) is 0. The number of nitrogens with one attached hydrogen (secondary N) is 1. The summed E-state index contributed by atoms with van der Waals surface area (Å²) in [4.78, 5) is 7.44. The van der Waals surface area contributed by atoms with Crippen LogP contribution in [0.2, 0.25) is 0 Å². The van der Waals surface area contributed by atoms with Crippen molar-refractivity contribution in [2.24, 2.45) is 5.73 Å². The lowest BCUT2D eigenvalue weighted by Crippen LogP contribution is -2.04. The first-order valence-electron chi connectivity index (χ1n) is 6.90. The van der Waals surface area contributed by atoms with Gasteiger partial charge in [-0.3, -0.25) is 0 Å². The van der Waals surface area contributed by atoms with Crippen molar-refractivity contribution in [2.45, 2.75) is 25.2 Å². The number of allylic oxidation sites excluding steroid dienone is 8. The van der Waals surface area contributed by atoms with Crippen LogP contribution in [0.1, 0.15) is 30.9 Å². The Kier molecular flexibility index (Phi) is 5.18. The van der Waals surface area contributed by atoms with E-state index in [1.807, 2.05) is 18.3 Å². The molecule has 1 heterocycles. The van der Waals surface area contributed by atoms with Gasteiger partial charge in [-0.15, -0.1) is 0 Å². The number of hydrogen-bond acceptors (Lipinski definition) is 2. The molecule has 0 aromatic carbocycles. The molecular weight excluding hydrogens is 246 g/mol. The maximum Gasteiger partial charge on any atom is 0.0923 e. The first-order valence-corrected chi connectivity index (χ1v) is 6.90. The van der Waals surface area contributed by atoms with Crippen LogP contribution in [0.25, 0.3) is 0 Å². The van der Waals surface area contributed by atoms with Gasteiger partial charge in [0, 0.05) is 12.1 Å². The van der Waals surface area contributed by atoms with Crippen LogP contribution in [0.15, 0.2) is 72.9 Å². The minimum atomic E-state index is 0.188. The summed E-state index contributed by atoms with van der Waals surface area (Å²) >= 11 is 0. The fourth-order valence-corrected chi connectivity index (χ4v) is 2.45. The molecule has 1 aromatic heterocycles. The lowest BCUT2D eigenvalue weighted by atomic mass is 9.87. The molecule has 104 valence electrons. The van der Waals surface area contributed by atoms with Crippen LogP contribution in [0.4, 0.5) is 0 Å². The Labute approximate surface area is 120 Å². The van der Waals surface area contributed by atoms with Crippen LogP contribution in [0, 0.1) is 0 Å². The van der Waals surface area contributed by atoms with E-state index in [2.05, 4.69) is 34.8 Å². The van der Waals surface area contributed by atoms with Crippen LogP contribution >= 0.6 is 0 Å². The number of imidazole rings is 1. The van der Waals surface area contributed by atoms with Crippen LogP contribution in [-0.4, -0.2) is 9.97 Å². The number of nitrogens with zero attached hydrogens (tertiary/aromatic N) is 1. The molecule has 1 aliphatic carbocycles. The molecule has 1 unspecified atom stereocenters. The van der Waals surface area contributed by atoms with E-state index in [-0.39, 0.29) is 5.92 Å². The van der Waals surface area contributed by atoms with E-state index in [9.17, 15) is 0 Å². The van der Waals surface area contributed by atoms with Crippen molar-refractivity contribution < 1.29 is 0 Å². The van der Waals surface area contributed by atoms with Crippen molar-refractivity contribution in [1.82, 2.24) is 9.97 Å². The SMILES string of the molecule is C=C/C=C(\C=C/N)C(CC1=CCCC=C1)c1c[nH]cn1. The summed E-state index contributed by atoms with van der Waals surface area (Å²) < 4.78 is 0. The number of nitrogens with two attached hydrogens (primary N) is 1. The summed E-state index contributed by atoms with van der Waals surface area (Å²) in [6.45, 7) is 3.79. The van der Waals surface area contributed by atoms with Gasteiger partial charge in [-0.1, -0.05) is 42.5 Å². The molecular formula is C17H21N3. The Morgan fingerprint density at radius 3 is 3.00 bits per heavy atom. The Balaban J connectivity index is 2.29. The smallest absolute Gasteiger partial charge is 0.0923 e. The van der Waals surface area contributed by atoms with E-state index in [1.54, 1.807) is 18.6 Å². The first-order chi connectivity index (χ1) is 9.85. The van der Waals surface area contributed by atoms with Crippen molar-refractivity contribution in [1.29, 1.82) is 0 Å². The van der Waals surface area contributed by atoms with Crippen LogP contribution < -0.4 is 5.73 Å². The largest absolute Gasteiger partial charge is 0.405 e. The number of H-pyrrole nitrogens is 1. The fourth-order valence-electron chi connectivity index (χ4n) is 2.45. The van der Waals surface area contributed by atoms with Crippen molar-refractivity contribution in [2.75, 3.05) is 0 Å². The van der Waals surface area contributed by atoms with Gasteiger partial charge in [0.1, 0.15) is 0 Å². The van der Waals surface area contributed by atoms with Gasteiger partial charge < -0.3 is 10.7 Å². The minimum Gasteiger partial charge on any atom is -0.405 e. The van der Waals surface area contributed by atoms with E-state index in [4.69, 9.17) is 5.73 Å². The lowest BCUT2D eigenvalue weighted by Gasteiger charge is -2.18. The zero-order valence-corrected chi connectivity index (χ0v) is 11.6. The van der Waals surface area contributed by atoms with Gasteiger partial charge in [0.25, 0.3) is 0 Å². The van der Waals surface area contributed by atoms with Gasteiger partial charge in [0.2, 0.25) is 0 Å². The highest BCUT2D eigenvalue weighted by Gasteiger charge is 2.18. The molecule has 2 rings (SSSR count). The highest BCUT2D eigenvalue weighted by Crippen LogP contribution is 2.32. The Bertz CT molecular complexity index is 545. The summed E-state index contributed by atoms with van der Waals surface area (Å²) in [6.07, 6.45) is 20.9. The van der Waals surface area contributed by atoms with Gasteiger partial charge in [-0.2, -0.15) is 0 Å². The summed E-state index contributed by atoms with van der Waals surface area (Å²) in [6, 6.07) is 0.